The van der Waals surface area contributed by atoms with Crippen LogP contribution in [0.25, 0.3) is 0 Å². The van der Waals surface area contributed by atoms with Crippen molar-refractivity contribution in [1.29, 1.82) is 0 Å². The topological polar surface area (TPSA) is 182 Å². The summed E-state index contributed by atoms with van der Waals surface area (Å²) in [4.78, 5) is 62.1. The smallest absolute Gasteiger partial charge is 0.413 e. The Hall–Kier alpha value is -5.33. The van der Waals surface area contributed by atoms with Crippen molar-refractivity contribution in [1.82, 2.24) is 15.2 Å². The number of methoxy groups -OCH3 is 1. The number of aliphatic hydroxyl groups is 1. The number of fused-ring (bicyclic) bond motifs is 1. The van der Waals surface area contributed by atoms with Crippen molar-refractivity contribution < 1.29 is 52.3 Å². The van der Waals surface area contributed by atoms with E-state index in [0.29, 0.717) is 16.9 Å². The number of hydrogen-bond acceptors (Lipinski definition) is 13. The molecule has 3 aromatic rings. The Kier molecular flexibility index (Phi) is 12.5. The number of pyridine rings is 1. The average molecular weight is 770 g/mol. The lowest BCUT2D eigenvalue weighted by Gasteiger charge is -2.51. The van der Waals surface area contributed by atoms with Gasteiger partial charge in [0.15, 0.2) is 28.9 Å². The number of allylic oxidation sites excluding steroid dienone is 1. The SMILES string of the molecule is COc1ccc(COC(=O)C2=C(/C=C\C[n+]3cccc(CO)c3)C(NC(=O)C=NOCF)(c3csc(NC(=O)OC(C)(C)C)n3)S[C@H]3CC(=O)N23)cc1. The predicted octanol–water partition coefficient (Wildman–Crippen LogP) is 4.04. The molecule has 0 aliphatic carbocycles. The van der Waals surface area contributed by atoms with Crippen LogP contribution >= 0.6 is 23.1 Å². The fourth-order valence-electron chi connectivity index (χ4n) is 5.30. The number of thiazole rings is 1. The normalized spacial score (nSPS) is 18.4. The van der Waals surface area contributed by atoms with Gasteiger partial charge in [-0.25, -0.2) is 23.5 Å². The van der Waals surface area contributed by atoms with Gasteiger partial charge in [0.05, 0.1) is 31.2 Å². The number of halogens is 1. The molecule has 0 radical (unpaired) electrons. The molecule has 18 heteroatoms. The first-order valence-corrected chi connectivity index (χ1v) is 17.9. The standard InChI is InChI=1S/C35H37FN6O9S2/c1-34(2,3)51-33(47)39-32-38-26(20-52-32)35(40-27(44)16-37-50-21-36)25(8-6-14-41-13-5-7-23(17-41)18-43)30(42-28(45)15-29(42)53-35)31(46)49-19-22-9-11-24(48-4)12-10-22/h5-13,16-17,20,29,43H,14-15,18-19,21H2,1-4H3,(H-,38,39,40,44,47)/p+1/b8-6-,37-16?/t29-,35?/m0/s1. The molecule has 280 valence electrons. The van der Waals surface area contributed by atoms with E-state index in [1.54, 1.807) is 91.7 Å². The number of carbonyl (C=O) groups excluding carboxylic acids is 4. The van der Waals surface area contributed by atoms with Crippen molar-refractivity contribution in [2.24, 2.45) is 5.16 Å². The summed E-state index contributed by atoms with van der Waals surface area (Å²) in [5, 5.41) is 19.5. The number of oxime groups is 1. The monoisotopic (exact) mass is 769 g/mol. The van der Waals surface area contributed by atoms with Crippen molar-refractivity contribution >= 4 is 58.3 Å². The average Bonchev–Trinajstić information content (AvgIpc) is 3.59. The zero-order valence-corrected chi connectivity index (χ0v) is 30.9. The quantitative estimate of drug-likeness (QED) is 0.0708. The number of anilines is 1. The Bertz CT molecular complexity index is 1930. The third-order valence-electron chi connectivity index (χ3n) is 7.58. The largest absolute Gasteiger partial charge is 0.497 e. The fourth-order valence-corrected chi connectivity index (χ4v) is 7.76. The van der Waals surface area contributed by atoms with Gasteiger partial charge in [0.2, 0.25) is 5.91 Å². The molecule has 3 amide bonds. The highest BCUT2D eigenvalue weighted by Gasteiger charge is 2.56. The summed E-state index contributed by atoms with van der Waals surface area (Å²) >= 11 is 2.16. The van der Waals surface area contributed by atoms with Crippen molar-refractivity contribution in [2.75, 3.05) is 19.3 Å². The molecule has 2 aromatic heterocycles. The number of hydrogen-bond donors (Lipinski definition) is 3. The minimum Gasteiger partial charge on any atom is -0.497 e. The minimum atomic E-state index is -1.70. The van der Waals surface area contributed by atoms with E-state index in [9.17, 15) is 28.7 Å². The number of amides is 3. The number of esters is 1. The lowest BCUT2D eigenvalue weighted by molar-refractivity contribution is -0.687. The number of nitrogens with zero attached hydrogens (tertiary/aromatic N) is 4. The number of nitrogens with one attached hydrogen (secondary N) is 2. The summed E-state index contributed by atoms with van der Waals surface area (Å²) in [5.41, 5.74) is 0.670. The molecule has 1 fully saturated rings. The molecule has 1 saturated heterocycles. The zero-order valence-electron chi connectivity index (χ0n) is 29.2. The number of rotatable bonds is 14. The van der Waals surface area contributed by atoms with Gasteiger partial charge in [0, 0.05) is 22.6 Å². The highest BCUT2D eigenvalue weighted by Crippen LogP contribution is 2.54. The summed E-state index contributed by atoms with van der Waals surface area (Å²) in [7, 11) is 1.53. The lowest BCUT2D eigenvalue weighted by Crippen LogP contribution is -2.60. The van der Waals surface area contributed by atoms with Crippen LogP contribution in [0.15, 0.2) is 82.7 Å². The maximum atomic E-state index is 14.2. The van der Waals surface area contributed by atoms with Gasteiger partial charge >= 0.3 is 12.1 Å². The Morgan fingerprint density at radius 2 is 1.98 bits per heavy atom. The minimum absolute atomic E-state index is 0.0184. The Balaban J connectivity index is 1.63. The van der Waals surface area contributed by atoms with E-state index in [-0.39, 0.29) is 54.2 Å². The molecule has 0 saturated carbocycles. The lowest BCUT2D eigenvalue weighted by atomic mass is 9.96. The van der Waals surface area contributed by atoms with Crippen LogP contribution in [-0.4, -0.2) is 70.0 Å². The summed E-state index contributed by atoms with van der Waals surface area (Å²) in [6, 6.07) is 10.4. The van der Waals surface area contributed by atoms with Crippen LogP contribution in [0.1, 0.15) is 44.0 Å². The molecule has 0 bridgehead atoms. The summed E-state index contributed by atoms with van der Waals surface area (Å²) in [6.45, 7) is 3.76. The van der Waals surface area contributed by atoms with Crippen molar-refractivity contribution in [3.63, 3.8) is 0 Å². The second-order valence-electron chi connectivity index (χ2n) is 12.5. The van der Waals surface area contributed by atoms with Gasteiger partial charge in [-0.1, -0.05) is 35.1 Å². The molecule has 4 heterocycles. The number of carbonyl (C=O) groups is 4. The molecular weight excluding hydrogens is 732 g/mol. The number of ether oxygens (including phenoxy) is 3. The van der Waals surface area contributed by atoms with E-state index in [1.165, 1.54) is 12.0 Å². The van der Waals surface area contributed by atoms with Crippen LogP contribution in [-0.2, 0) is 53.3 Å². The maximum absolute atomic E-state index is 14.2. The van der Waals surface area contributed by atoms with Gasteiger partial charge in [-0.2, -0.15) is 0 Å². The van der Waals surface area contributed by atoms with Crippen molar-refractivity contribution in [3.05, 3.63) is 94.4 Å². The number of β-lactam (4-membered cyclic amide) rings is 1. The van der Waals surface area contributed by atoms with Gasteiger partial charge in [-0.3, -0.25) is 19.8 Å². The van der Waals surface area contributed by atoms with Crippen LogP contribution in [0, 0.1) is 0 Å². The van der Waals surface area contributed by atoms with E-state index >= 15 is 0 Å². The van der Waals surface area contributed by atoms with E-state index in [4.69, 9.17) is 14.2 Å². The molecule has 53 heavy (non-hydrogen) atoms. The van der Waals surface area contributed by atoms with Crippen LogP contribution in [0.5, 0.6) is 5.75 Å². The van der Waals surface area contributed by atoms with Gasteiger partial charge < -0.3 is 29.5 Å². The van der Waals surface area contributed by atoms with Crippen molar-refractivity contribution in [2.45, 2.75) is 62.8 Å². The van der Waals surface area contributed by atoms with Gasteiger partial charge in [0.1, 0.15) is 29.9 Å². The van der Waals surface area contributed by atoms with Gasteiger partial charge in [-0.15, -0.1) is 11.3 Å². The molecule has 15 nitrogen and oxygen atoms in total. The van der Waals surface area contributed by atoms with E-state index in [2.05, 4.69) is 25.6 Å². The predicted molar refractivity (Wildman–Crippen MR) is 192 cm³/mol. The molecule has 1 aromatic carbocycles. The molecule has 2 aliphatic rings. The number of alkyl halides is 1. The van der Waals surface area contributed by atoms with Gasteiger partial charge in [-0.05, 0) is 50.6 Å². The highest BCUT2D eigenvalue weighted by atomic mass is 32.2. The van der Waals surface area contributed by atoms with E-state index in [0.717, 1.165) is 29.3 Å². The van der Waals surface area contributed by atoms with Crippen LogP contribution < -0.4 is 19.9 Å². The third-order valence-corrected chi connectivity index (χ3v) is 9.88. The number of thioether (sulfide) groups is 1. The Morgan fingerprint density at radius 1 is 1.21 bits per heavy atom. The maximum Gasteiger partial charge on any atom is 0.413 e. The van der Waals surface area contributed by atoms with Crippen LogP contribution in [0.3, 0.4) is 0 Å². The van der Waals surface area contributed by atoms with Crippen LogP contribution in [0.4, 0.5) is 14.3 Å². The fraction of sp³-hybridized carbons (Fsp3) is 0.343. The third kappa shape index (κ3) is 9.57. The second kappa shape index (κ2) is 17.0. The zero-order chi connectivity index (χ0) is 38.2. The van der Waals surface area contributed by atoms with Crippen molar-refractivity contribution in [3.8, 4) is 5.75 Å². The highest BCUT2D eigenvalue weighted by molar-refractivity contribution is 8.01. The first-order valence-electron chi connectivity index (χ1n) is 16.1. The molecular formula is C35H38FN6O9S2+. The molecule has 2 aliphatic heterocycles. The molecule has 2 atom stereocenters. The Morgan fingerprint density at radius 3 is 2.66 bits per heavy atom. The second-order valence-corrected chi connectivity index (χ2v) is 14.8. The van der Waals surface area contributed by atoms with Crippen LogP contribution in [0.2, 0.25) is 0 Å². The van der Waals surface area contributed by atoms with E-state index in [1.807, 2.05) is 0 Å². The number of aliphatic hydroxyl groups excluding tert-OH is 1. The molecule has 1 unspecified atom stereocenters. The summed E-state index contributed by atoms with van der Waals surface area (Å²) in [5.74, 6) is -1.44. The first kappa shape index (κ1) is 38.9. The molecule has 5 rings (SSSR count). The Labute approximate surface area is 312 Å². The number of aromatic nitrogens is 2. The molecule has 3 N–H and O–H groups in total. The summed E-state index contributed by atoms with van der Waals surface area (Å²) < 4.78 is 30.9. The first-order chi connectivity index (χ1) is 25.3. The van der Waals surface area contributed by atoms with E-state index < -0.39 is 40.7 Å². The summed E-state index contributed by atoms with van der Waals surface area (Å²) in [6.07, 6.45) is 6.77. The number of benzene rings is 1. The molecule has 0 spiro atoms. The van der Waals surface area contributed by atoms with Gasteiger partial charge in [0.25, 0.3) is 12.8 Å².